The Labute approximate surface area is 80.1 Å². The van der Waals surface area contributed by atoms with Crippen LogP contribution in [0.25, 0.3) is 0 Å². The quantitative estimate of drug-likeness (QED) is 0.680. The fourth-order valence-corrected chi connectivity index (χ4v) is 1.83. The summed E-state index contributed by atoms with van der Waals surface area (Å²) in [6.45, 7) is 3.11. The lowest BCUT2D eigenvalue weighted by Crippen LogP contribution is -2.51. The Bertz CT molecular complexity index is 259. The van der Waals surface area contributed by atoms with Gasteiger partial charge in [-0.15, -0.1) is 0 Å². The first-order valence-corrected chi connectivity index (χ1v) is 5.33. The number of hydrogen-bond donors (Lipinski definition) is 1. The summed E-state index contributed by atoms with van der Waals surface area (Å²) >= 11 is 0. The first-order valence-electron chi connectivity index (χ1n) is 3.93. The maximum Gasteiger partial charge on any atom is 0.281 e. The Morgan fingerprint density at radius 2 is 1.62 bits per heavy atom. The van der Waals surface area contributed by atoms with E-state index in [0.717, 1.165) is 8.61 Å². The average molecular weight is 210 g/mol. The van der Waals surface area contributed by atoms with Gasteiger partial charge in [0.05, 0.1) is 12.1 Å². The van der Waals surface area contributed by atoms with Gasteiger partial charge in [-0.1, -0.05) is 0 Å². The van der Waals surface area contributed by atoms with Gasteiger partial charge < -0.3 is 5.11 Å². The molecule has 0 amide bonds. The van der Waals surface area contributed by atoms with Crippen LogP contribution in [0.2, 0.25) is 0 Å². The Hall–Kier alpha value is -0.170. The zero-order chi connectivity index (χ0) is 10.9. The third-order valence-corrected chi connectivity index (χ3v) is 4.16. The smallest absolute Gasteiger partial charge is 0.281 e. The van der Waals surface area contributed by atoms with E-state index in [1.807, 2.05) is 0 Å². The van der Waals surface area contributed by atoms with Crippen molar-refractivity contribution in [3.8, 4) is 0 Å². The Morgan fingerprint density at radius 3 is 1.85 bits per heavy atom. The molecule has 0 aromatic rings. The van der Waals surface area contributed by atoms with Crippen LogP contribution in [0.3, 0.4) is 0 Å². The van der Waals surface area contributed by atoms with Crippen LogP contribution in [0, 0.1) is 0 Å². The number of hydrogen-bond acceptors (Lipinski definition) is 3. The van der Waals surface area contributed by atoms with Crippen LogP contribution in [0.15, 0.2) is 0 Å². The summed E-state index contributed by atoms with van der Waals surface area (Å²) in [5.41, 5.74) is -0.775. The van der Waals surface area contributed by atoms with Crippen molar-refractivity contribution >= 4 is 10.2 Å². The maximum atomic E-state index is 11.6. The molecule has 6 heteroatoms. The van der Waals surface area contributed by atoms with Gasteiger partial charge in [0.1, 0.15) is 0 Å². The van der Waals surface area contributed by atoms with E-state index in [-0.39, 0.29) is 6.61 Å². The second kappa shape index (κ2) is 3.91. The van der Waals surface area contributed by atoms with Gasteiger partial charge in [-0.2, -0.15) is 17.0 Å². The molecule has 0 saturated carbocycles. The fraction of sp³-hybridized carbons (Fsp3) is 1.00. The summed E-state index contributed by atoms with van der Waals surface area (Å²) in [7, 11) is 0.925. The molecule has 0 aliphatic rings. The van der Waals surface area contributed by atoms with Gasteiger partial charge in [-0.25, -0.2) is 0 Å². The highest BCUT2D eigenvalue weighted by Crippen LogP contribution is 2.16. The third-order valence-electron chi connectivity index (χ3n) is 2.05. The van der Waals surface area contributed by atoms with Crippen LogP contribution in [0.4, 0.5) is 0 Å². The van der Waals surface area contributed by atoms with Crippen molar-refractivity contribution < 1.29 is 13.5 Å². The van der Waals surface area contributed by atoms with Crippen LogP contribution >= 0.6 is 0 Å². The minimum absolute atomic E-state index is 0.212. The molecule has 0 atom stereocenters. The standard InChI is InChI=1S/C7H18N2O3S/c1-7(2,6-10)9(5)13(11,12)8(3)4/h10H,6H2,1-5H3. The minimum atomic E-state index is -3.44. The lowest BCUT2D eigenvalue weighted by atomic mass is 10.1. The predicted octanol–water partition coefficient (Wildman–Crippen LogP) is -0.504. The molecule has 0 radical (unpaired) electrons. The van der Waals surface area contributed by atoms with E-state index >= 15 is 0 Å². The van der Waals surface area contributed by atoms with Crippen molar-refractivity contribution in [2.45, 2.75) is 19.4 Å². The van der Waals surface area contributed by atoms with Gasteiger partial charge in [0.15, 0.2) is 0 Å². The number of nitrogens with zero attached hydrogens (tertiary/aromatic N) is 2. The monoisotopic (exact) mass is 210 g/mol. The molecule has 0 unspecified atom stereocenters. The molecule has 1 N–H and O–H groups in total. The van der Waals surface area contributed by atoms with E-state index in [9.17, 15) is 8.42 Å². The zero-order valence-electron chi connectivity index (χ0n) is 8.77. The van der Waals surface area contributed by atoms with Crippen LogP contribution < -0.4 is 0 Å². The molecule has 0 spiro atoms. The van der Waals surface area contributed by atoms with Crippen LogP contribution in [0.1, 0.15) is 13.8 Å². The molecule has 0 bridgehead atoms. The van der Waals surface area contributed by atoms with Crippen molar-refractivity contribution in [1.82, 2.24) is 8.61 Å². The van der Waals surface area contributed by atoms with E-state index < -0.39 is 15.7 Å². The maximum absolute atomic E-state index is 11.6. The van der Waals surface area contributed by atoms with Crippen LogP contribution in [0.5, 0.6) is 0 Å². The minimum Gasteiger partial charge on any atom is -0.394 e. The average Bonchev–Trinajstić information content (AvgIpc) is 2.02. The molecule has 0 aromatic heterocycles. The van der Waals surface area contributed by atoms with Crippen molar-refractivity contribution in [2.75, 3.05) is 27.7 Å². The molecular weight excluding hydrogens is 192 g/mol. The number of aliphatic hydroxyl groups excluding tert-OH is 1. The number of aliphatic hydroxyl groups is 1. The second-order valence-corrected chi connectivity index (χ2v) is 5.90. The SMILES string of the molecule is CN(C)S(=O)(=O)N(C)C(C)(C)CO. The fourth-order valence-electron chi connectivity index (χ4n) is 0.657. The molecule has 0 rings (SSSR count). The molecule has 0 aliphatic carbocycles. The molecule has 13 heavy (non-hydrogen) atoms. The normalized spacial score (nSPS) is 14.2. The lowest BCUT2D eigenvalue weighted by molar-refractivity contribution is 0.134. The van der Waals surface area contributed by atoms with E-state index in [0.29, 0.717) is 0 Å². The first-order chi connectivity index (χ1) is 5.66. The molecule has 0 heterocycles. The third kappa shape index (κ3) is 2.63. The molecule has 5 nitrogen and oxygen atoms in total. The summed E-state index contributed by atoms with van der Waals surface area (Å²) in [6.07, 6.45) is 0. The van der Waals surface area contributed by atoms with Crippen LogP contribution in [-0.2, 0) is 10.2 Å². The predicted molar refractivity (Wildman–Crippen MR) is 51.5 cm³/mol. The van der Waals surface area contributed by atoms with Gasteiger partial charge in [-0.05, 0) is 13.8 Å². The summed E-state index contributed by atoms with van der Waals surface area (Å²) in [6, 6.07) is 0. The molecule has 80 valence electrons. The van der Waals surface area contributed by atoms with Gasteiger partial charge >= 0.3 is 0 Å². The zero-order valence-corrected chi connectivity index (χ0v) is 9.59. The number of likely N-dealkylation sites (N-methyl/N-ethyl adjacent to an activating group) is 1. The largest absolute Gasteiger partial charge is 0.394 e. The van der Waals surface area contributed by atoms with Gasteiger partial charge in [0, 0.05) is 21.1 Å². The number of rotatable bonds is 4. The van der Waals surface area contributed by atoms with Crippen molar-refractivity contribution in [1.29, 1.82) is 0 Å². The second-order valence-electron chi connectivity index (χ2n) is 3.73. The highest BCUT2D eigenvalue weighted by Gasteiger charge is 2.33. The summed E-state index contributed by atoms with van der Waals surface area (Å²) in [5, 5.41) is 8.98. The van der Waals surface area contributed by atoms with Gasteiger partial charge in [0.25, 0.3) is 10.2 Å². The highest BCUT2D eigenvalue weighted by molar-refractivity contribution is 7.86. The Balaban J connectivity index is 4.91. The van der Waals surface area contributed by atoms with E-state index in [4.69, 9.17) is 5.11 Å². The summed E-state index contributed by atoms with van der Waals surface area (Å²) < 4.78 is 25.4. The Kier molecular flexibility index (Phi) is 3.86. The van der Waals surface area contributed by atoms with Gasteiger partial charge in [-0.3, -0.25) is 0 Å². The topological polar surface area (TPSA) is 60.9 Å². The highest BCUT2D eigenvalue weighted by atomic mass is 32.2. The van der Waals surface area contributed by atoms with E-state index in [1.165, 1.54) is 21.1 Å². The van der Waals surface area contributed by atoms with Gasteiger partial charge in [0.2, 0.25) is 0 Å². The van der Waals surface area contributed by atoms with Crippen LogP contribution in [-0.4, -0.2) is 55.4 Å². The molecule has 0 saturated heterocycles. The lowest BCUT2D eigenvalue weighted by Gasteiger charge is -2.34. The molecular formula is C7H18N2O3S. The van der Waals surface area contributed by atoms with Crippen molar-refractivity contribution in [2.24, 2.45) is 0 Å². The molecule has 0 fully saturated rings. The molecule has 0 aromatic carbocycles. The summed E-state index contributed by atoms with van der Waals surface area (Å²) in [5.74, 6) is 0. The first kappa shape index (κ1) is 12.8. The van der Waals surface area contributed by atoms with E-state index in [1.54, 1.807) is 13.8 Å². The Morgan fingerprint density at radius 1 is 1.23 bits per heavy atom. The molecule has 0 aliphatic heterocycles. The van der Waals surface area contributed by atoms with E-state index in [2.05, 4.69) is 0 Å². The summed E-state index contributed by atoms with van der Waals surface area (Å²) in [4.78, 5) is 0. The van der Waals surface area contributed by atoms with Crippen molar-refractivity contribution in [3.63, 3.8) is 0 Å². The van der Waals surface area contributed by atoms with Crippen molar-refractivity contribution in [3.05, 3.63) is 0 Å².